The van der Waals surface area contributed by atoms with Crippen LogP contribution in [0.5, 0.6) is 5.75 Å². The molecular formula is C14H22O3. The second kappa shape index (κ2) is 5.52. The van der Waals surface area contributed by atoms with E-state index >= 15 is 0 Å². The van der Waals surface area contributed by atoms with Crippen LogP contribution >= 0.6 is 0 Å². The highest BCUT2D eigenvalue weighted by Crippen LogP contribution is 2.26. The fourth-order valence-electron chi connectivity index (χ4n) is 1.35. The van der Waals surface area contributed by atoms with Crippen LogP contribution in [0, 0.1) is 5.92 Å². The van der Waals surface area contributed by atoms with Crippen molar-refractivity contribution in [3.05, 3.63) is 29.8 Å². The van der Waals surface area contributed by atoms with Crippen LogP contribution < -0.4 is 4.74 Å². The van der Waals surface area contributed by atoms with Crippen LogP contribution in [-0.4, -0.2) is 22.4 Å². The van der Waals surface area contributed by atoms with E-state index in [1.54, 1.807) is 19.9 Å². The fraction of sp³-hybridized carbons (Fsp3) is 0.571. The summed E-state index contributed by atoms with van der Waals surface area (Å²) in [6.07, 6.45) is -0.574. The maximum Gasteiger partial charge on any atom is 0.125 e. The van der Waals surface area contributed by atoms with E-state index in [9.17, 15) is 10.2 Å². The first-order valence-electron chi connectivity index (χ1n) is 5.96. The Morgan fingerprint density at radius 2 is 1.82 bits per heavy atom. The Morgan fingerprint density at radius 1 is 1.24 bits per heavy atom. The fourth-order valence-corrected chi connectivity index (χ4v) is 1.35. The summed E-state index contributed by atoms with van der Waals surface area (Å²) < 4.78 is 5.61. The summed E-state index contributed by atoms with van der Waals surface area (Å²) in [5.41, 5.74) is -0.127. The zero-order chi connectivity index (χ0) is 13.1. The second-order valence-electron chi connectivity index (χ2n) is 5.01. The molecule has 1 rings (SSSR count). The van der Waals surface area contributed by atoms with Gasteiger partial charge in [0.05, 0.1) is 11.7 Å². The molecular weight excluding hydrogens is 216 g/mol. The molecule has 1 aromatic rings. The maximum absolute atomic E-state index is 10.1. The first-order valence-corrected chi connectivity index (χ1v) is 5.96. The highest BCUT2D eigenvalue weighted by atomic mass is 16.5. The lowest BCUT2D eigenvalue weighted by atomic mass is 9.94. The van der Waals surface area contributed by atoms with E-state index in [2.05, 4.69) is 0 Å². The maximum atomic E-state index is 10.1. The van der Waals surface area contributed by atoms with Crippen LogP contribution in [0.15, 0.2) is 24.3 Å². The van der Waals surface area contributed by atoms with E-state index in [1.165, 1.54) is 0 Å². The number of rotatable bonds is 5. The molecule has 3 nitrogen and oxygen atoms in total. The Morgan fingerprint density at radius 3 is 2.35 bits per heavy atom. The minimum Gasteiger partial charge on any atom is -0.490 e. The quantitative estimate of drug-likeness (QED) is 0.828. The second-order valence-corrected chi connectivity index (χ2v) is 5.01. The number of ether oxygens (including phenoxy) is 1. The number of aliphatic hydroxyl groups is 2. The third-order valence-corrected chi connectivity index (χ3v) is 3.13. The molecule has 0 aliphatic rings. The number of hydrogen-bond donors (Lipinski definition) is 2. The molecule has 2 N–H and O–H groups in total. The molecule has 17 heavy (non-hydrogen) atoms. The SMILES string of the molecule is CC(O)c1ccccc1OCC(C)(O)C(C)C. The van der Waals surface area contributed by atoms with Crippen molar-refractivity contribution in [1.82, 2.24) is 0 Å². The first-order chi connectivity index (χ1) is 7.84. The normalized spacial score (nSPS) is 16.6. The van der Waals surface area contributed by atoms with Crippen LogP contribution in [-0.2, 0) is 0 Å². The van der Waals surface area contributed by atoms with Crippen molar-refractivity contribution < 1.29 is 14.9 Å². The molecule has 0 heterocycles. The van der Waals surface area contributed by atoms with Gasteiger partial charge in [-0.2, -0.15) is 0 Å². The average molecular weight is 238 g/mol. The Kier molecular flexibility index (Phi) is 4.54. The molecule has 1 aromatic carbocycles. The van der Waals surface area contributed by atoms with Crippen molar-refractivity contribution in [1.29, 1.82) is 0 Å². The molecule has 2 unspecified atom stereocenters. The molecule has 0 spiro atoms. The lowest BCUT2D eigenvalue weighted by Crippen LogP contribution is -2.38. The van der Waals surface area contributed by atoms with Gasteiger partial charge in [0.15, 0.2) is 0 Å². The smallest absolute Gasteiger partial charge is 0.125 e. The summed E-state index contributed by atoms with van der Waals surface area (Å²) in [6, 6.07) is 7.34. The lowest BCUT2D eigenvalue weighted by molar-refractivity contribution is -0.0273. The predicted octanol–water partition coefficient (Wildman–Crippen LogP) is 2.53. The van der Waals surface area contributed by atoms with Crippen molar-refractivity contribution in [3.63, 3.8) is 0 Å². The van der Waals surface area contributed by atoms with Crippen LogP contribution in [0.1, 0.15) is 39.4 Å². The number of aliphatic hydroxyl groups excluding tert-OH is 1. The monoisotopic (exact) mass is 238 g/mol. The molecule has 0 fully saturated rings. The molecule has 0 aromatic heterocycles. The van der Waals surface area contributed by atoms with Gasteiger partial charge in [-0.3, -0.25) is 0 Å². The van der Waals surface area contributed by atoms with Crippen LogP contribution in [0.2, 0.25) is 0 Å². The average Bonchev–Trinajstić information content (AvgIpc) is 2.26. The zero-order valence-electron chi connectivity index (χ0n) is 11.0. The molecule has 0 amide bonds. The van der Waals surface area contributed by atoms with Crippen LogP contribution in [0.4, 0.5) is 0 Å². The van der Waals surface area contributed by atoms with E-state index in [0.717, 1.165) is 5.56 Å². The minimum atomic E-state index is -0.869. The van der Waals surface area contributed by atoms with Crippen molar-refractivity contribution >= 4 is 0 Å². The Bertz CT molecular complexity index is 356. The Labute approximate surface area is 103 Å². The molecule has 0 saturated heterocycles. The molecule has 0 bridgehead atoms. The number of para-hydroxylation sites is 1. The van der Waals surface area contributed by atoms with Crippen LogP contribution in [0.25, 0.3) is 0 Å². The van der Waals surface area contributed by atoms with Gasteiger partial charge >= 0.3 is 0 Å². The molecule has 0 saturated carbocycles. The van der Waals surface area contributed by atoms with Gasteiger partial charge in [-0.15, -0.1) is 0 Å². The third kappa shape index (κ3) is 3.72. The van der Waals surface area contributed by atoms with Crippen molar-refractivity contribution in [3.8, 4) is 5.75 Å². The summed E-state index contributed by atoms with van der Waals surface area (Å²) in [4.78, 5) is 0. The molecule has 2 atom stereocenters. The zero-order valence-corrected chi connectivity index (χ0v) is 11.0. The van der Waals surface area contributed by atoms with Gasteiger partial charge in [0, 0.05) is 5.56 Å². The molecule has 0 aliphatic carbocycles. The van der Waals surface area contributed by atoms with Gasteiger partial charge in [-0.05, 0) is 25.8 Å². The Hall–Kier alpha value is -1.06. The highest BCUT2D eigenvalue weighted by Gasteiger charge is 2.26. The summed E-state index contributed by atoms with van der Waals surface area (Å²) >= 11 is 0. The predicted molar refractivity (Wildman–Crippen MR) is 68.0 cm³/mol. The van der Waals surface area contributed by atoms with Gasteiger partial charge < -0.3 is 14.9 Å². The van der Waals surface area contributed by atoms with Gasteiger partial charge in [0.2, 0.25) is 0 Å². The molecule has 0 radical (unpaired) electrons. The van der Waals surface area contributed by atoms with Gasteiger partial charge in [-0.1, -0.05) is 32.0 Å². The first kappa shape index (κ1) is 14.0. The molecule has 96 valence electrons. The van der Waals surface area contributed by atoms with E-state index in [0.29, 0.717) is 5.75 Å². The summed E-state index contributed by atoms with van der Waals surface area (Å²) in [5.74, 6) is 0.740. The van der Waals surface area contributed by atoms with Gasteiger partial charge in [0.1, 0.15) is 12.4 Å². The van der Waals surface area contributed by atoms with Gasteiger partial charge in [-0.25, -0.2) is 0 Å². The van der Waals surface area contributed by atoms with Crippen molar-refractivity contribution in [2.75, 3.05) is 6.61 Å². The summed E-state index contributed by atoms with van der Waals surface area (Å²) in [6.45, 7) is 7.56. The number of hydrogen-bond acceptors (Lipinski definition) is 3. The minimum absolute atomic E-state index is 0.112. The van der Waals surface area contributed by atoms with E-state index in [4.69, 9.17) is 4.74 Å². The molecule has 3 heteroatoms. The summed E-state index contributed by atoms with van der Waals surface area (Å²) in [5, 5.41) is 19.7. The Balaban J connectivity index is 2.76. The van der Waals surface area contributed by atoms with E-state index in [1.807, 2.05) is 32.0 Å². The van der Waals surface area contributed by atoms with Crippen molar-refractivity contribution in [2.24, 2.45) is 5.92 Å². The largest absolute Gasteiger partial charge is 0.490 e. The highest BCUT2D eigenvalue weighted by molar-refractivity contribution is 5.34. The summed E-state index contributed by atoms with van der Waals surface area (Å²) in [7, 11) is 0. The standard InChI is InChI=1S/C14H22O3/c1-10(2)14(4,16)9-17-13-8-6-5-7-12(13)11(3)15/h5-8,10-11,15-16H,9H2,1-4H3. The van der Waals surface area contributed by atoms with Crippen LogP contribution in [0.3, 0.4) is 0 Å². The number of benzene rings is 1. The third-order valence-electron chi connectivity index (χ3n) is 3.13. The molecule has 0 aliphatic heterocycles. The van der Waals surface area contributed by atoms with E-state index < -0.39 is 11.7 Å². The lowest BCUT2D eigenvalue weighted by Gasteiger charge is -2.28. The topological polar surface area (TPSA) is 49.7 Å². The van der Waals surface area contributed by atoms with Crippen molar-refractivity contribution in [2.45, 2.75) is 39.4 Å². The van der Waals surface area contributed by atoms with E-state index in [-0.39, 0.29) is 12.5 Å². The van der Waals surface area contributed by atoms with Gasteiger partial charge in [0.25, 0.3) is 0 Å².